The molecule has 0 radical (unpaired) electrons. The Morgan fingerprint density at radius 1 is 1.14 bits per heavy atom. The molecule has 0 bridgehead atoms. The second kappa shape index (κ2) is 6.09. The Hall–Kier alpha value is -1.87. The van der Waals surface area contributed by atoms with Gasteiger partial charge in [0.25, 0.3) is 0 Å². The van der Waals surface area contributed by atoms with Crippen molar-refractivity contribution >= 4 is 0 Å². The van der Waals surface area contributed by atoms with Gasteiger partial charge in [-0.15, -0.1) is 0 Å². The molecule has 3 nitrogen and oxygen atoms in total. The smallest absolute Gasteiger partial charge is 0.127 e. The SMILES string of the molecule is c1ccc(CN2CCc3nccc(OC4CCC4)c3C2)cc1. The number of aromatic nitrogens is 1. The minimum Gasteiger partial charge on any atom is -0.490 e. The summed E-state index contributed by atoms with van der Waals surface area (Å²) in [5, 5.41) is 0. The first-order chi connectivity index (χ1) is 10.9. The van der Waals surface area contributed by atoms with Gasteiger partial charge in [-0.2, -0.15) is 0 Å². The molecule has 1 aromatic heterocycles. The van der Waals surface area contributed by atoms with Crippen molar-refractivity contribution in [2.24, 2.45) is 0 Å². The summed E-state index contributed by atoms with van der Waals surface area (Å²) in [6, 6.07) is 12.7. The summed E-state index contributed by atoms with van der Waals surface area (Å²) in [5.41, 5.74) is 3.90. The fourth-order valence-corrected chi connectivity index (χ4v) is 3.22. The fourth-order valence-electron chi connectivity index (χ4n) is 3.22. The van der Waals surface area contributed by atoms with Gasteiger partial charge >= 0.3 is 0 Å². The Labute approximate surface area is 131 Å². The van der Waals surface area contributed by atoms with Crippen molar-refractivity contribution < 1.29 is 4.74 Å². The van der Waals surface area contributed by atoms with Crippen LogP contribution < -0.4 is 4.74 Å². The van der Waals surface area contributed by atoms with Crippen molar-refractivity contribution in [3.63, 3.8) is 0 Å². The number of rotatable bonds is 4. The second-order valence-electron chi connectivity index (χ2n) is 6.35. The van der Waals surface area contributed by atoms with Gasteiger partial charge in [-0.25, -0.2) is 0 Å². The molecule has 4 rings (SSSR count). The van der Waals surface area contributed by atoms with Crippen molar-refractivity contribution in [3.05, 3.63) is 59.4 Å². The number of pyridine rings is 1. The normalized spacial score (nSPS) is 18.5. The van der Waals surface area contributed by atoms with E-state index < -0.39 is 0 Å². The topological polar surface area (TPSA) is 25.4 Å². The van der Waals surface area contributed by atoms with E-state index in [0.29, 0.717) is 6.10 Å². The first kappa shape index (κ1) is 13.8. The maximum absolute atomic E-state index is 6.18. The minimum absolute atomic E-state index is 0.427. The average Bonchev–Trinajstić information content (AvgIpc) is 2.52. The lowest BCUT2D eigenvalue weighted by Crippen LogP contribution is -2.32. The number of hydrogen-bond donors (Lipinski definition) is 0. The summed E-state index contributed by atoms with van der Waals surface area (Å²) in [4.78, 5) is 7.06. The van der Waals surface area contributed by atoms with Crippen LogP contribution in [0.3, 0.4) is 0 Å². The molecule has 114 valence electrons. The van der Waals surface area contributed by atoms with Crippen LogP contribution in [0.25, 0.3) is 0 Å². The van der Waals surface area contributed by atoms with Crippen LogP contribution >= 0.6 is 0 Å². The molecule has 22 heavy (non-hydrogen) atoms. The monoisotopic (exact) mass is 294 g/mol. The van der Waals surface area contributed by atoms with Gasteiger partial charge in [0, 0.05) is 43.5 Å². The first-order valence-corrected chi connectivity index (χ1v) is 8.28. The van der Waals surface area contributed by atoms with Gasteiger partial charge in [-0.1, -0.05) is 30.3 Å². The third-order valence-electron chi connectivity index (χ3n) is 4.74. The van der Waals surface area contributed by atoms with Gasteiger partial charge in [0.05, 0.1) is 6.10 Å². The van der Waals surface area contributed by atoms with Crippen molar-refractivity contribution in [1.29, 1.82) is 0 Å². The summed E-state index contributed by atoms with van der Waals surface area (Å²) in [6.07, 6.45) is 7.05. The van der Waals surface area contributed by atoms with Crippen LogP contribution in [0.1, 0.15) is 36.1 Å². The quantitative estimate of drug-likeness (QED) is 0.862. The van der Waals surface area contributed by atoms with E-state index in [-0.39, 0.29) is 0 Å². The van der Waals surface area contributed by atoms with Gasteiger partial charge in [0.1, 0.15) is 5.75 Å². The molecule has 2 aromatic rings. The van der Waals surface area contributed by atoms with Crippen LogP contribution in [0.4, 0.5) is 0 Å². The van der Waals surface area contributed by atoms with Gasteiger partial charge in [0.15, 0.2) is 0 Å². The Morgan fingerprint density at radius 2 is 2.00 bits per heavy atom. The van der Waals surface area contributed by atoms with Crippen LogP contribution in [0.15, 0.2) is 42.6 Å². The summed E-state index contributed by atoms with van der Waals surface area (Å²) in [7, 11) is 0. The Bertz CT molecular complexity index is 637. The minimum atomic E-state index is 0.427. The first-order valence-electron chi connectivity index (χ1n) is 8.28. The highest BCUT2D eigenvalue weighted by molar-refractivity contribution is 5.37. The van der Waals surface area contributed by atoms with Gasteiger partial charge in [0.2, 0.25) is 0 Å². The van der Waals surface area contributed by atoms with E-state index in [9.17, 15) is 0 Å². The number of fused-ring (bicyclic) bond motifs is 1. The molecular weight excluding hydrogens is 272 g/mol. The maximum Gasteiger partial charge on any atom is 0.127 e. The lowest BCUT2D eigenvalue weighted by Gasteiger charge is -2.32. The summed E-state index contributed by atoms with van der Waals surface area (Å²) >= 11 is 0. The third-order valence-corrected chi connectivity index (χ3v) is 4.74. The maximum atomic E-state index is 6.18. The van der Waals surface area contributed by atoms with Crippen LogP contribution in [-0.4, -0.2) is 22.5 Å². The van der Waals surface area contributed by atoms with E-state index in [1.807, 2.05) is 12.3 Å². The van der Waals surface area contributed by atoms with Crippen LogP contribution in [0.5, 0.6) is 5.75 Å². The summed E-state index contributed by atoms with van der Waals surface area (Å²) in [6.45, 7) is 3.01. The van der Waals surface area contributed by atoms with E-state index in [2.05, 4.69) is 40.2 Å². The zero-order valence-corrected chi connectivity index (χ0v) is 12.9. The van der Waals surface area contributed by atoms with Crippen LogP contribution in [0, 0.1) is 0 Å². The molecule has 1 aliphatic heterocycles. The zero-order chi connectivity index (χ0) is 14.8. The van der Waals surface area contributed by atoms with Crippen molar-refractivity contribution in [2.45, 2.75) is 44.9 Å². The van der Waals surface area contributed by atoms with E-state index in [0.717, 1.165) is 31.8 Å². The highest BCUT2D eigenvalue weighted by atomic mass is 16.5. The predicted molar refractivity (Wildman–Crippen MR) is 86.8 cm³/mol. The largest absolute Gasteiger partial charge is 0.490 e. The summed E-state index contributed by atoms with van der Waals surface area (Å²) in [5.74, 6) is 1.06. The highest BCUT2D eigenvalue weighted by Crippen LogP contribution is 2.31. The lowest BCUT2D eigenvalue weighted by molar-refractivity contribution is 0.115. The van der Waals surface area contributed by atoms with E-state index in [1.165, 1.54) is 36.1 Å². The molecule has 1 fully saturated rings. The van der Waals surface area contributed by atoms with E-state index >= 15 is 0 Å². The summed E-state index contributed by atoms with van der Waals surface area (Å²) < 4.78 is 6.18. The van der Waals surface area contributed by atoms with Crippen molar-refractivity contribution in [3.8, 4) is 5.75 Å². The Balaban J connectivity index is 1.51. The molecule has 0 N–H and O–H groups in total. The predicted octanol–water partition coefficient (Wildman–Crippen LogP) is 3.57. The fraction of sp³-hybridized carbons (Fsp3) is 0.421. The molecule has 0 atom stereocenters. The molecule has 0 unspecified atom stereocenters. The number of benzene rings is 1. The second-order valence-corrected chi connectivity index (χ2v) is 6.35. The number of ether oxygens (including phenoxy) is 1. The Kier molecular flexibility index (Phi) is 3.81. The standard InChI is InChI=1S/C19H22N2O/c1-2-5-15(6-3-1)13-21-12-10-18-17(14-21)19(9-11-20-18)22-16-7-4-8-16/h1-3,5-6,9,11,16H,4,7-8,10,12-14H2. The molecule has 0 saturated heterocycles. The third kappa shape index (κ3) is 2.86. The van der Waals surface area contributed by atoms with Gasteiger partial charge in [-0.05, 0) is 30.9 Å². The van der Waals surface area contributed by atoms with E-state index in [4.69, 9.17) is 4.74 Å². The lowest BCUT2D eigenvalue weighted by atomic mass is 9.96. The van der Waals surface area contributed by atoms with E-state index in [1.54, 1.807) is 0 Å². The molecule has 2 aliphatic rings. The average molecular weight is 294 g/mol. The molecule has 1 aliphatic carbocycles. The molecule has 2 heterocycles. The molecule has 0 amide bonds. The molecular formula is C19H22N2O. The molecule has 0 spiro atoms. The number of nitrogens with zero attached hydrogens (tertiary/aromatic N) is 2. The van der Waals surface area contributed by atoms with Gasteiger partial charge < -0.3 is 4.74 Å². The molecule has 1 aromatic carbocycles. The zero-order valence-electron chi connectivity index (χ0n) is 12.9. The Morgan fingerprint density at radius 3 is 2.77 bits per heavy atom. The van der Waals surface area contributed by atoms with Crippen molar-refractivity contribution in [1.82, 2.24) is 9.88 Å². The van der Waals surface area contributed by atoms with Crippen LogP contribution in [0.2, 0.25) is 0 Å². The molecule has 1 saturated carbocycles. The number of hydrogen-bond acceptors (Lipinski definition) is 3. The highest BCUT2D eigenvalue weighted by Gasteiger charge is 2.24. The van der Waals surface area contributed by atoms with Gasteiger partial charge in [-0.3, -0.25) is 9.88 Å². The van der Waals surface area contributed by atoms with Crippen molar-refractivity contribution in [2.75, 3.05) is 6.54 Å². The van der Waals surface area contributed by atoms with Crippen LogP contribution in [-0.2, 0) is 19.5 Å². The molecule has 3 heteroatoms.